The Bertz CT molecular complexity index is 972. The van der Waals surface area contributed by atoms with E-state index in [2.05, 4.69) is 31.1 Å². The van der Waals surface area contributed by atoms with Crippen molar-refractivity contribution in [1.29, 1.82) is 0 Å². The predicted molar refractivity (Wildman–Crippen MR) is 118 cm³/mol. The van der Waals surface area contributed by atoms with Crippen LogP contribution in [0.4, 0.5) is 5.69 Å². The number of carboxylic acid groups (broad SMARTS) is 2. The number of carboxylic acids is 2. The molecule has 0 saturated heterocycles. The topological polar surface area (TPSA) is 130 Å². The molecule has 0 saturated carbocycles. The van der Waals surface area contributed by atoms with E-state index in [-0.39, 0.29) is 16.7 Å². The smallest absolute Gasteiger partial charge is 0.328 e. The number of carbonyl (C=O) groups is 2. The molecule has 1 aliphatic rings. The molecule has 0 heterocycles. The van der Waals surface area contributed by atoms with Crippen LogP contribution in [0.1, 0.15) is 30.1 Å². The number of aliphatic carboxylic acids is 2. The molecule has 0 aliphatic heterocycles. The highest BCUT2D eigenvalue weighted by Crippen LogP contribution is 2.37. The Morgan fingerprint density at radius 3 is 2.25 bits per heavy atom. The van der Waals surface area contributed by atoms with Crippen LogP contribution in [0.2, 0.25) is 0 Å². The van der Waals surface area contributed by atoms with Gasteiger partial charge in [-0.3, -0.25) is 10.1 Å². The minimum atomic E-state index is -1.26. The molecule has 3 rings (SSSR count). The van der Waals surface area contributed by atoms with Gasteiger partial charge in [-0.1, -0.05) is 36.4 Å². The highest BCUT2D eigenvalue weighted by atomic mass is 16.6. The number of nitrogens with zero attached hydrogens (tertiary/aromatic N) is 2. The van der Waals surface area contributed by atoms with Crippen molar-refractivity contribution in [3.63, 3.8) is 0 Å². The summed E-state index contributed by atoms with van der Waals surface area (Å²) in [4.78, 5) is 32.2. The molecule has 1 aliphatic carbocycles. The fourth-order valence-corrected chi connectivity index (χ4v) is 3.47. The molecule has 0 spiro atoms. The molecule has 0 amide bonds. The number of ether oxygens (including phenoxy) is 1. The quantitative estimate of drug-likeness (QED) is 0.300. The van der Waals surface area contributed by atoms with Gasteiger partial charge in [-0.05, 0) is 44.1 Å². The summed E-state index contributed by atoms with van der Waals surface area (Å²) in [6.45, 7) is 0. The van der Waals surface area contributed by atoms with Crippen LogP contribution in [0.3, 0.4) is 0 Å². The molecule has 2 unspecified atom stereocenters. The normalized spacial score (nSPS) is 17.6. The Balaban J connectivity index is 0.000000390. The minimum Gasteiger partial charge on any atom is -0.479 e. The molecule has 2 N–H and O–H groups in total. The van der Waals surface area contributed by atoms with E-state index in [9.17, 15) is 19.7 Å². The number of rotatable bonds is 6. The molecule has 32 heavy (non-hydrogen) atoms. The van der Waals surface area contributed by atoms with Gasteiger partial charge in [0.1, 0.15) is 6.10 Å². The summed E-state index contributed by atoms with van der Waals surface area (Å²) in [5.41, 5.74) is 2.42. The fourth-order valence-electron chi connectivity index (χ4n) is 3.47. The summed E-state index contributed by atoms with van der Waals surface area (Å²) in [6, 6.07) is 15.2. The largest absolute Gasteiger partial charge is 0.479 e. The zero-order valence-corrected chi connectivity index (χ0v) is 17.9. The number of benzene rings is 2. The van der Waals surface area contributed by atoms with Gasteiger partial charge in [0.15, 0.2) is 5.75 Å². The van der Waals surface area contributed by atoms with Crippen molar-refractivity contribution in [1.82, 2.24) is 4.90 Å². The molecule has 2 aromatic carbocycles. The lowest BCUT2D eigenvalue weighted by molar-refractivity contribution is -0.386. The van der Waals surface area contributed by atoms with Gasteiger partial charge < -0.3 is 19.8 Å². The highest BCUT2D eigenvalue weighted by Gasteiger charge is 2.28. The van der Waals surface area contributed by atoms with E-state index in [1.165, 1.54) is 11.6 Å². The van der Waals surface area contributed by atoms with Crippen LogP contribution in [0.5, 0.6) is 5.75 Å². The molecule has 0 radical (unpaired) electrons. The third-order valence-electron chi connectivity index (χ3n) is 5.06. The van der Waals surface area contributed by atoms with E-state index in [1.807, 2.05) is 12.1 Å². The lowest BCUT2D eigenvalue weighted by atomic mass is 10.0. The standard InChI is InChI=1S/C19H22N2O3.C4H4O4/c1-20(2)15-12-11-14-7-3-4-8-16(14)19(13-15)24-18-10-6-5-9-17(18)21(22)23;5-3(6)1-2-4(7)8/h3-10,15,19H,11-13H2,1-2H3;1-2H,(H,5,6)(H,7,8)/b;2-1+. The summed E-state index contributed by atoms with van der Waals surface area (Å²) in [5, 5.41) is 26.9. The number of nitro groups is 1. The Hall–Kier alpha value is -3.72. The maximum absolute atomic E-state index is 11.3. The first kappa shape index (κ1) is 24.5. The molecule has 0 fully saturated rings. The molecule has 0 aromatic heterocycles. The van der Waals surface area contributed by atoms with Crippen molar-refractivity contribution in [3.8, 4) is 5.75 Å². The first-order chi connectivity index (χ1) is 15.2. The number of hydrogen-bond donors (Lipinski definition) is 2. The van der Waals surface area contributed by atoms with Crippen molar-refractivity contribution in [2.75, 3.05) is 14.1 Å². The summed E-state index contributed by atoms with van der Waals surface area (Å²) in [6.07, 6.45) is 3.80. The van der Waals surface area contributed by atoms with Gasteiger partial charge in [0.25, 0.3) is 0 Å². The summed E-state index contributed by atoms with van der Waals surface area (Å²) >= 11 is 0. The Morgan fingerprint density at radius 1 is 1.06 bits per heavy atom. The van der Waals surface area contributed by atoms with E-state index in [1.54, 1.807) is 18.2 Å². The predicted octanol–water partition coefficient (Wildman–Crippen LogP) is 3.69. The Kier molecular flexibility index (Phi) is 8.91. The molecular formula is C23H26N2O7. The lowest BCUT2D eigenvalue weighted by Gasteiger charge is -2.26. The average Bonchev–Trinajstić information content (AvgIpc) is 2.93. The third kappa shape index (κ3) is 7.21. The van der Waals surface area contributed by atoms with Crippen LogP contribution < -0.4 is 4.74 Å². The highest BCUT2D eigenvalue weighted by molar-refractivity contribution is 5.89. The van der Waals surface area contributed by atoms with Crippen LogP contribution in [-0.4, -0.2) is 52.1 Å². The zero-order valence-electron chi connectivity index (χ0n) is 17.9. The number of para-hydroxylation sites is 2. The zero-order chi connectivity index (χ0) is 23.7. The van der Waals surface area contributed by atoms with Crippen molar-refractivity contribution >= 4 is 17.6 Å². The lowest BCUT2D eigenvalue weighted by Crippen LogP contribution is -2.30. The first-order valence-electron chi connectivity index (χ1n) is 9.97. The van der Waals surface area contributed by atoms with E-state index >= 15 is 0 Å². The number of fused-ring (bicyclic) bond motifs is 1. The van der Waals surface area contributed by atoms with Crippen molar-refractivity contribution in [3.05, 3.63) is 81.9 Å². The van der Waals surface area contributed by atoms with E-state index in [0.717, 1.165) is 24.8 Å². The molecule has 170 valence electrons. The Labute approximate surface area is 185 Å². The summed E-state index contributed by atoms with van der Waals surface area (Å²) in [5.74, 6) is -2.18. The first-order valence-corrected chi connectivity index (χ1v) is 9.97. The number of hydrogen-bond acceptors (Lipinski definition) is 6. The van der Waals surface area contributed by atoms with Gasteiger partial charge in [-0.25, -0.2) is 9.59 Å². The SMILES string of the molecule is CN(C)C1CCc2ccccc2C(Oc2ccccc2[N+](=O)[O-])C1.O=C(O)/C=C/C(=O)O. The van der Waals surface area contributed by atoms with Crippen LogP contribution in [0.15, 0.2) is 60.7 Å². The maximum atomic E-state index is 11.3. The van der Waals surface area contributed by atoms with E-state index in [0.29, 0.717) is 23.9 Å². The van der Waals surface area contributed by atoms with Crippen LogP contribution in [0.25, 0.3) is 0 Å². The molecule has 9 heteroatoms. The molecule has 9 nitrogen and oxygen atoms in total. The summed E-state index contributed by atoms with van der Waals surface area (Å²) < 4.78 is 6.17. The van der Waals surface area contributed by atoms with Gasteiger partial charge in [-0.15, -0.1) is 0 Å². The Morgan fingerprint density at radius 2 is 1.66 bits per heavy atom. The summed E-state index contributed by atoms with van der Waals surface area (Å²) in [7, 11) is 4.14. The average molecular weight is 442 g/mol. The van der Waals surface area contributed by atoms with Crippen LogP contribution >= 0.6 is 0 Å². The van der Waals surface area contributed by atoms with E-state index in [4.69, 9.17) is 14.9 Å². The molecule has 0 bridgehead atoms. The van der Waals surface area contributed by atoms with Gasteiger partial charge in [-0.2, -0.15) is 0 Å². The molecular weight excluding hydrogens is 416 g/mol. The number of nitro benzene ring substituents is 1. The van der Waals surface area contributed by atoms with E-state index < -0.39 is 11.9 Å². The maximum Gasteiger partial charge on any atom is 0.328 e. The van der Waals surface area contributed by atoms with Crippen molar-refractivity contribution in [2.24, 2.45) is 0 Å². The monoisotopic (exact) mass is 442 g/mol. The minimum absolute atomic E-state index is 0.0145. The second kappa shape index (κ2) is 11.6. The van der Waals surface area contributed by atoms with Gasteiger partial charge >= 0.3 is 17.6 Å². The molecule has 2 aromatic rings. The van der Waals surface area contributed by atoms with Gasteiger partial charge in [0.05, 0.1) is 4.92 Å². The van der Waals surface area contributed by atoms with Crippen LogP contribution in [-0.2, 0) is 16.0 Å². The third-order valence-corrected chi connectivity index (χ3v) is 5.06. The van der Waals surface area contributed by atoms with Crippen molar-refractivity contribution < 1.29 is 29.5 Å². The van der Waals surface area contributed by atoms with Gasteiger partial charge in [0.2, 0.25) is 0 Å². The van der Waals surface area contributed by atoms with Gasteiger partial charge in [0, 0.05) is 30.7 Å². The second-order valence-corrected chi connectivity index (χ2v) is 7.43. The second-order valence-electron chi connectivity index (χ2n) is 7.43. The van der Waals surface area contributed by atoms with Crippen LogP contribution in [0, 0.1) is 10.1 Å². The van der Waals surface area contributed by atoms with Crippen molar-refractivity contribution in [2.45, 2.75) is 31.4 Å². The fraction of sp³-hybridized carbons (Fsp3) is 0.304. The number of aryl methyl sites for hydroxylation is 1. The molecule has 2 atom stereocenters.